The summed E-state index contributed by atoms with van der Waals surface area (Å²) in [5.74, 6) is 3.00. The Bertz CT molecular complexity index is 1390. The summed E-state index contributed by atoms with van der Waals surface area (Å²) >= 11 is 0. The highest BCUT2D eigenvalue weighted by Crippen LogP contribution is 2.33. The Morgan fingerprint density at radius 1 is 0.886 bits per heavy atom. The van der Waals surface area contributed by atoms with Gasteiger partial charge in [0, 0.05) is 50.8 Å². The molecular weight excluding hydrogens is 442 g/mol. The van der Waals surface area contributed by atoms with Gasteiger partial charge in [-0.1, -0.05) is 18.2 Å². The van der Waals surface area contributed by atoms with E-state index in [9.17, 15) is 0 Å². The molecule has 4 heterocycles. The molecule has 6 rings (SSSR count). The number of anilines is 3. The lowest BCUT2D eigenvalue weighted by atomic mass is 10.1. The number of piperazine rings is 1. The number of aromatic nitrogens is 4. The van der Waals surface area contributed by atoms with Crippen LogP contribution in [0.25, 0.3) is 11.2 Å². The van der Waals surface area contributed by atoms with Gasteiger partial charge in [-0.2, -0.15) is 9.97 Å². The van der Waals surface area contributed by atoms with E-state index in [0.717, 1.165) is 55.5 Å². The molecule has 2 aromatic heterocycles. The van der Waals surface area contributed by atoms with Crippen LogP contribution in [0.5, 0.6) is 11.5 Å². The van der Waals surface area contributed by atoms with Gasteiger partial charge in [0.2, 0.25) is 12.7 Å². The molecule has 1 N–H and O–H groups in total. The Balaban J connectivity index is 1.20. The summed E-state index contributed by atoms with van der Waals surface area (Å²) in [7, 11) is 0. The first-order valence-corrected chi connectivity index (χ1v) is 11.8. The number of benzene rings is 2. The molecule has 1 saturated heterocycles. The average molecular weight is 470 g/mol. The van der Waals surface area contributed by atoms with E-state index in [2.05, 4.69) is 69.3 Å². The predicted molar refractivity (Wildman–Crippen MR) is 134 cm³/mol. The lowest BCUT2D eigenvalue weighted by Crippen LogP contribution is -2.46. The van der Waals surface area contributed by atoms with Crippen LogP contribution in [-0.2, 0) is 6.54 Å². The van der Waals surface area contributed by atoms with Gasteiger partial charge in [-0.3, -0.25) is 4.90 Å². The molecule has 0 bridgehead atoms. The average Bonchev–Trinajstić information content (AvgIpc) is 3.35. The first-order valence-electron chi connectivity index (χ1n) is 11.8. The standard InChI is InChI=1S/C26H27N7O2/c1-17-3-4-18(2)20(13-17)29-25-23-24(28-8-7-27-23)30-26(31-25)33-11-9-32(10-12-33)15-19-5-6-21-22(14-19)35-16-34-21/h3-8,13-14H,9-12,15-16H2,1-2H3,(H,28,29,30,31). The predicted octanol–water partition coefficient (Wildman–Crippen LogP) is 3.83. The Hall–Kier alpha value is -3.98. The maximum Gasteiger partial charge on any atom is 0.231 e. The van der Waals surface area contributed by atoms with Crippen LogP contribution in [0, 0.1) is 13.8 Å². The molecule has 0 saturated carbocycles. The van der Waals surface area contributed by atoms with Crippen molar-refractivity contribution in [2.24, 2.45) is 0 Å². The summed E-state index contributed by atoms with van der Waals surface area (Å²) in [6.07, 6.45) is 3.35. The van der Waals surface area contributed by atoms with Gasteiger partial charge < -0.3 is 19.7 Å². The number of nitrogens with one attached hydrogen (secondary N) is 1. The van der Waals surface area contributed by atoms with Gasteiger partial charge in [0.05, 0.1) is 0 Å². The van der Waals surface area contributed by atoms with Gasteiger partial charge in [-0.15, -0.1) is 0 Å². The molecule has 9 heteroatoms. The SMILES string of the molecule is Cc1ccc(C)c(Nc2nc(N3CCN(Cc4ccc5c(c4)OCO5)CC3)nc3nccnc23)c1. The highest BCUT2D eigenvalue weighted by Gasteiger charge is 2.22. The zero-order valence-electron chi connectivity index (χ0n) is 19.9. The third-order valence-electron chi connectivity index (χ3n) is 6.47. The Kier molecular flexibility index (Phi) is 5.54. The van der Waals surface area contributed by atoms with Crippen molar-refractivity contribution in [3.63, 3.8) is 0 Å². The number of rotatable bonds is 5. The molecule has 178 valence electrons. The van der Waals surface area contributed by atoms with E-state index >= 15 is 0 Å². The van der Waals surface area contributed by atoms with Crippen molar-refractivity contribution in [3.05, 3.63) is 65.5 Å². The third-order valence-corrected chi connectivity index (χ3v) is 6.47. The van der Waals surface area contributed by atoms with E-state index in [1.807, 2.05) is 6.07 Å². The van der Waals surface area contributed by atoms with Crippen molar-refractivity contribution in [3.8, 4) is 11.5 Å². The lowest BCUT2D eigenvalue weighted by Gasteiger charge is -2.34. The summed E-state index contributed by atoms with van der Waals surface area (Å²) in [4.78, 5) is 23.3. The monoisotopic (exact) mass is 469 g/mol. The van der Waals surface area contributed by atoms with Crippen LogP contribution in [0.15, 0.2) is 48.8 Å². The number of nitrogens with zero attached hydrogens (tertiary/aromatic N) is 6. The Morgan fingerprint density at radius 3 is 2.60 bits per heavy atom. The number of hydrogen-bond donors (Lipinski definition) is 1. The maximum absolute atomic E-state index is 5.52. The van der Waals surface area contributed by atoms with E-state index < -0.39 is 0 Å². The van der Waals surface area contributed by atoms with Crippen LogP contribution in [0.2, 0.25) is 0 Å². The molecule has 0 amide bonds. The molecule has 9 nitrogen and oxygen atoms in total. The number of aryl methyl sites for hydroxylation is 2. The smallest absolute Gasteiger partial charge is 0.231 e. The van der Waals surface area contributed by atoms with E-state index in [1.54, 1.807) is 12.4 Å². The number of ether oxygens (including phenoxy) is 2. The van der Waals surface area contributed by atoms with E-state index in [0.29, 0.717) is 29.7 Å². The van der Waals surface area contributed by atoms with Crippen molar-refractivity contribution in [2.75, 3.05) is 43.2 Å². The summed E-state index contributed by atoms with van der Waals surface area (Å²) in [5, 5.41) is 3.48. The second-order valence-corrected chi connectivity index (χ2v) is 8.99. The fourth-order valence-electron chi connectivity index (χ4n) is 4.48. The van der Waals surface area contributed by atoms with Crippen LogP contribution in [-0.4, -0.2) is 57.8 Å². The molecule has 0 unspecified atom stereocenters. The van der Waals surface area contributed by atoms with Crippen molar-refractivity contribution < 1.29 is 9.47 Å². The van der Waals surface area contributed by atoms with Gasteiger partial charge in [0.15, 0.2) is 28.5 Å². The summed E-state index contributed by atoms with van der Waals surface area (Å²) in [6.45, 7) is 8.82. The topological polar surface area (TPSA) is 88.5 Å². The molecule has 0 aliphatic carbocycles. The largest absolute Gasteiger partial charge is 0.454 e. The molecule has 0 radical (unpaired) electrons. The van der Waals surface area contributed by atoms with Gasteiger partial charge >= 0.3 is 0 Å². The number of fused-ring (bicyclic) bond motifs is 2. The minimum atomic E-state index is 0.299. The molecule has 2 aromatic carbocycles. The quantitative estimate of drug-likeness (QED) is 0.468. The van der Waals surface area contributed by atoms with Gasteiger partial charge in [-0.25, -0.2) is 9.97 Å². The fourth-order valence-corrected chi connectivity index (χ4v) is 4.48. The van der Waals surface area contributed by atoms with Crippen LogP contribution < -0.4 is 19.7 Å². The molecule has 2 aliphatic rings. The normalized spacial score (nSPS) is 15.5. The maximum atomic E-state index is 5.52. The van der Waals surface area contributed by atoms with Gasteiger partial charge in [0.25, 0.3) is 0 Å². The van der Waals surface area contributed by atoms with E-state index in [4.69, 9.17) is 19.4 Å². The zero-order valence-corrected chi connectivity index (χ0v) is 19.9. The molecule has 0 atom stereocenters. The van der Waals surface area contributed by atoms with E-state index in [1.165, 1.54) is 11.1 Å². The Labute approximate surface area is 203 Å². The van der Waals surface area contributed by atoms with Gasteiger partial charge in [-0.05, 0) is 48.7 Å². The van der Waals surface area contributed by atoms with Crippen molar-refractivity contribution >= 4 is 28.6 Å². The van der Waals surface area contributed by atoms with Crippen LogP contribution in [0.3, 0.4) is 0 Å². The van der Waals surface area contributed by atoms with Gasteiger partial charge in [0.1, 0.15) is 0 Å². The lowest BCUT2D eigenvalue weighted by molar-refractivity contribution is 0.174. The minimum Gasteiger partial charge on any atom is -0.454 e. The first-order chi connectivity index (χ1) is 17.1. The van der Waals surface area contributed by atoms with Crippen LogP contribution in [0.1, 0.15) is 16.7 Å². The highest BCUT2D eigenvalue weighted by atomic mass is 16.7. The number of hydrogen-bond acceptors (Lipinski definition) is 9. The first kappa shape index (κ1) is 21.5. The second kappa shape index (κ2) is 8.99. The fraction of sp³-hybridized carbons (Fsp3) is 0.308. The third kappa shape index (κ3) is 4.42. The molecular formula is C26H27N7O2. The van der Waals surface area contributed by atoms with E-state index in [-0.39, 0.29) is 0 Å². The van der Waals surface area contributed by atoms with Crippen molar-refractivity contribution in [1.29, 1.82) is 0 Å². The molecule has 1 fully saturated rings. The van der Waals surface area contributed by atoms with Crippen molar-refractivity contribution in [1.82, 2.24) is 24.8 Å². The van der Waals surface area contributed by atoms with Crippen LogP contribution in [0.4, 0.5) is 17.5 Å². The summed E-state index contributed by atoms with van der Waals surface area (Å²) in [5.41, 5.74) is 5.81. The van der Waals surface area contributed by atoms with Crippen LogP contribution >= 0.6 is 0 Å². The zero-order chi connectivity index (χ0) is 23.8. The second-order valence-electron chi connectivity index (χ2n) is 8.99. The molecule has 35 heavy (non-hydrogen) atoms. The van der Waals surface area contributed by atoms with Crippen molar-refractivity contribution in [2.45, 2.75) is 20.4 Å². The molecule has 4 aromatic rings. The molecule has 0 spiro atoms. The summed E-state index contributed by atoms with van der Waals surface area (Å²) in [6, 6.07) is 12.5. The molecule has 2 aliphatic heterocycles. The Morgan fingerprint density at radius 2 is 1.71 bits per heavy atom. The summed E-state index contributed by atoms with van der Waals surface area (Å²) < 4.78 is 10.9. The minimum absolute atomic E-state index is 0.299. The highest BCUT2D eigenvalue weighted by molar-refractivity contribution is 5.86.